The number of methoxy groups -OCH3 is 2. The van der Waals surface area contributed by atoms with Crippen LogP contribution in [0.3, 0.4) is 0 Å². The van der Waals surface area contributed by atoms with Crippen LogP contribution in [0.15, 0.2) is 34.5 Å². The Morgan fingerprint density at radius 2 is 1.70 bits per heavy atom. The third-order valence-corrected chi connectivity index (χ3v) is 5.52. The van der Waals surface area contributed by atoms with E-state index in [4.69, 9.17) is 21.1 Å². The van der Waals surface area contributed by atoms with Gasteiger partial charge in [-0.05, 0) is 12.1 Å². The third-order valence-electron chi connectivity index (χ3n) is 2.42. The zero-order chi connectivity index (χ0) is 14.8. The highest BCUT2D eigenvalue weighted by molar-refractivity contribution is 7.94. The van der Waals surface area contributed by atoms with Gasteiger partial charge in [-0.25, -0.2) is 8.42 Å². The number of ether oxygens (including phenoxy) is 2. The van der Waals surface area contributed by atoms with Crippen LogP contribution in [-0.4, -0.2) is 22.6 Å². The fraction of sp³-hybridized carbons (Fsp3) is 0.167. The smallest absolute Gasteiger partial charge is 0.271 e. The van der Waals surface area contributed by atoms with Crippen molar-refractivity contribution in [3.8, 4) is 11.5 Å². The van der Waals surface area contributed by atoms with Crippen molar-refractivity contribution in [3.05, 3.63) is 34.7 Å². The van der Waals surface area contributed by atoms with Gasteiger partial charge in [0.05, 0.1) is 24.2 Å². The fourth-order valence-corrected chi connectivity index (χ4v) is 4.04. The minimum atomic E-state index is -3.67. The van der Waals surface area contributed by atoms with Gasteiger partial charge < -0.3 is 9.47 Å². The summed E-state index contributed by atoms with van der Waals surface area (Å²) >= 11 is 6.74. The van der Waals surface area contributed by atoms with E-state index in [0.29, 0.717) is 21.5 Å². The molecule has 0 aliphatic carbocycles. The topological polar surface area (TPSA) is 64.6 Å². The Kier molecular flexibility index (Phi) is 4.42. The van der Waals surface area contributed by atoms with Gasteiger partial charge in [-0.3, -0.25) is 4.72 Å². The number of hydrogen-bond acceptors (Lipinski definition) is 5. The van der Waals surface area contributed by atoms with Crippen LogP contribution in [0, 0.1) is 0 Å². The van der Waals surface area contributed by atoms with Crippen molar-refractivity contribution in [3.63, 3.8) is 0 Å². The molecule has 20 heavy (non-hydrogen) atoms. The van der Waals surface area contributed by atoms with Gasteiger partial charge >= 0.3 is 0 Å². The molecule has 8 heteroatoms. The average Bonchev–Trinajstić information content (AvgIpc) is 2.85. The molecule has 0 unspecified atom stereocenters. The number of thiophene rings is 1. The fourth-order valence-electron chi connectivity index (χ4n) is 1.51. The predicted molar refractivity (Wildman–Crippen MR) is 79.7 cm³/mol. The van der Waals surface area contributed by atoms with Crippen molar-refractivity contribution < 1.29 is 17.9 Å². The Labute approximate surface area is 126 Å². The first-order valence-corrected chi connectivity index (χ1v) is 8.13. The highest BCUT2D eigenvalue weighted by Crippen LogP contribution is 2.30. The Bertz CT molecular complexity index is 690. The van der Waals surface area contributed by atoms with E-state index in [9.17, 15) is 8.42 Å². The second kappa shape index (κ2) is 5.90. The number of anilines is 1. The molecule has 5 nitrogen and oxygen atoms in total. The van der Waals surface area contributed by atoms with Crippen molar-refractivity contribution in [2.24, 2.45) is 0 Å². The van der Waals surface area contributed by atoms with Crippen LogP contribution >= 0.6 is 22.9 Å². The Hall–Kier alpha value is -1.44. The number of halogens is 1. The van der Waals surface area contributed by atoms with Gasteiger partial charge in [0.25, 0.3) is 10.0 Å². The second-order valence-corrected chi connectivity index (χ2v) is 7.39. The van der Waals surface area contributed by atoms with Crippen LogP contribution < -0.4 is 14.2 Å². The molecule has 1 aromatic carbocycles. The summed E-state index contributed by atoms with van der Waals surface area (Å²) in [7, 11) is -0.685. The molecule has 0 radical (unpaired) electrons. The van der Waals surface area contributed by atoms with Crippen LogP contribution in [0.1, 0.15) is 0 Å². The van der Waals surface area contributed by atoms with E-state index < -0.39 is 10.0 Å². The highest BCUT2D eigenvalue weighted by Gasteiger charge is 2.17. The van der Waals surface area contributed by atoms with Gasteiger partial charge in [0.2, 0.25) is 0 Å². The lowest BCUT2D eigenvalue weighted by atomic mass is 10.3. The molecule has 1 N–H and O–H groups in total. The van der Waals surface area contributed by atoms with Crippen LogP contribution in [0.25, 0.3) is 0 Å². The van der Waals surface area contributed by atoms with Crippen LogP contribution in [0.2, 0.25) is 4.34 Å². The first-order valence-electron chi connectivity index (χ1n) is 5.46. The summed E-state index contributed by atoms with van der Waals surface area (Å²) in [6.45, 7) is 0. The van der Waals surface area contributed by atoms with Gasteiger partial charge in [-0.1, -0.05) is 11.6 Å². The Morgan fingerprint density at radius 1 is 1.10 bits per heavy atom. The quantitative estimate of drug-likeness (QED) is 0.912. The van der Waals surface area contributed by atoms with E-state index in [1.54, 1.807) is 18.2 Å². The zero-order valence-electron chi connectivity index (χ0n) is 10.7. The molecule has 0 amide bonds. The number of nitrogens with one attached hydrogen (secondary N) is 1. The van der Waals surface area contributed by atoms with Crippen molar-refractivity contribution in [1.82, 2.24) is 0 Å². The predicted octanol–water partition coefficient (Wildman–Crippen LogP) is 3.22. The molecular weight excluding hydrogens is 322 g/mol. The summed E-state index contributed by atoms with van der Waals surface area (Å²) < 4.78 is 37.5. The van der Waals surface area contributed by atoms with E-state index in [-0.39, 0.29) is 4.21 Å². The number of hydrogen-bond donors (Lipinski definition) is 1. The summed E-state index contributed by atoms with van der Waals surface area (Å²) in [6, 6.07) is 7.77. The van der Waals surface area contributed by atoms with E-state index >= 15 is 0 Å². The largest absolute Gasteiger partial charge is 0.497 e. The van der Waals surface area contributed by atoms with Crippen molar-refractivity contribution >= 4 is 38.6 Å². The third kappa shape index (κ3) is 3.36. The van der Waals surface area contributed by atoms with E-state index in [2.05, 4.69) is 4.72 Å². The molecule has 1 heterocycles. The lowest BCUT2D eigenvalue weighted by Crippen LogP contribution is -2.11. The Morgan fingerprint density at radius 3 is 2.15 bits per heavy atom. The van der Waals surface area contributed by atoms with Crippen LogP contribution in [0.4, 0.5) is 5.69 Å². The normalized spacial score (nSPS) is 11.2. The summed E-state index contributed by atoms with van der Waals surface area (Å²) in [5.74, 6) is 0.984. The molecule has 2 aromatic rings. The van der Waals surface area contributed by atoms with E-state index in [0.717, 1.165) is 11.3 Å². The average molecular weight is 334 g/mol. The maximum Gasteiger partial charge on any atom is 0.271 e. The van der Waals surface area contributed by atoms with Crippen molar-refractivity contribution in [2.45, 2.75) is 4.21 Å². The van der Waals surface area contributed by atoms with Crippen molar-refractivity contribution in [1.29, 1.82) is 0 Å². The van der Waals surface area contributed by atoms with Gasteiger partial charge in [0, 0.05) is 18.2 Å². The van der Waals surface area contributed by atoms with E-state index in [1.807, 2.05) is 0 Å². The number of rotatable bonds is 5. The molecule has 0 saturated heterocycles. The van der Waals surface area contributed by atoms with Gasteiger partial charge in [-0.15, -0.1) is 11.3 Å². The summed E-state index contributed by atoms with van der Waals surface area (Å²) in [6.07, 6.45) is 0. The first-order chi connectivity index (χ1) is 9.44. The van der Waals surface area contributed by atoms with Gasteiger partial charge in [0.1, 0.15) is 15.7 Å². The minimum Gasteiger partial charge on any atom is -0.497 e. The number of sulfonamides is 1. The standard InChI is InChI=1S/C12H12ClNO4S2/c1-17-9-5-8(6-10(7-9)18-2)14-20(15,16)12-4-3-11(13)19-12/h3-7,14H,1-2H3. The molecule has 0 aliphatic rings. The first kappa shape index (κ1) is 15.0. The van der Waals surface area contributed by atoms with Crippen LogP contribution in [-0.2, 0) is 10.0 Å². The van der Waals surface area contributed by atoms with Gasteiger partial charge in [-0.2, -0.15) is 0 Å². The summed E-state index contributed by atoms with van der Waals surface area (Å²) in [5.41, 5.74) is 0.353. The monoisotopic (exact) mass is 333 g/mol. The van der Waals surface area contributed by atoms with Gasteiger partial charge in [0.15, 0.2) is 0 Å². The van der Waals surface area contributed by atoms with E-state index in [1.165, 1.54) is 26.4 Å². The minimum absolute atomic E-state index is 0.143. The van der Waals surface area contributed by atoms with Crippen LogP contribution in [0.5, 0.6) is 11.5 Å². The molecule has 0 aliphatic heterocycles. The highest BCUT2D eigenvalue weighted by atomic mass is 35.5. The lowest BCUT2D eigenvalue weighted by molar-refractivity contribution is 0.395. The summed E-state index contributed by atoms with van der Waals surface area (Å²) in [4.78, 5) is 0. The second-order valence-electron chi connectivity index (χ2n) is 3.77. The molecule has 2 rings (SSSR count). The summed E-state index contributed by atoms with van der Waals surface area (Å²) in [5, 5.41) is 0. The molecule has 0 saturated carbocycles. The maximum atomic E-state index is 12.2. The molecule has 0 bridgehead atoms. The molecular formula is C12H12ClNO4S2. The molecule has 1 aromatic heterocycles. The van der Waals surface area contributed by atoms with Crippen molar-refractivity contribution in [2.75, 3.05) is 18.9 Å². The molecule has 0 atom stereocenters. The molecule has 108 valence electrons. The maximum absolute atomic E-state index is 12.2. The Balaban J connectivity index is 2.33. The molecule has 0 fully saturated rings. The molecule has 0 spiro atoms. The number of benzene rings is 1. The lowest BCUT2D eigenvalue weighted by Gasteiger charge is -2.10. The zero-order valence-corrected chi connectivity index (χ0v) is 13.1. The SMILES string of the molecule is COc1cc(NS(=O)(=O)c2ccc(Cl)s2)cc(OC)c1.